The highest BCUT2D eigenvalue weighted by Gasteiger charge is 2.32. The molecule has 3 heteroatoms. The number of carbonyl (C=O) groups excluding carboxylic acids is 1. The average Bonchev–Trinajstić information content (AvgIpc) is 2.71. The smallest absolute Gasteiger partial charge is 0.223 e. The van der Waals surface area contributed by atoms with Gasteiger partial charge in [-0.1, -0.05) is 30.3 Å². The second kappa shape index (κ2) is 5.32. The van der Waals surface area contributed by atoms with Crippen LogP contribution in [0.4, 0.5) is 0 Å². The third-order valence-corrected chi connectivity index (χ3v) is 3.53. The molecule has 3 nitrogen and oxygen atoms in total. The summed E-state index contributed by atoms with van der Waals surface area (Å²) >= 11 is 0. The van der Waals surface area contributed by atoms with E-state index < -0.39 is 0 Å². The number of aliphatic hydroxyl groups excluding tert-OH is 1. The average molecular weight is 233 g/mol. The maximum atomic E-state index is 11.9. The molecule has 2 unspecified atom stereocenters. The van der Waals surface area contributed by atoms with Crippen molar-refractivity contribution in [1.29, 1.82) is 0 Å². The molecule has 0 saturated carbocycles. The van der Waals surface area contributed by atoms with E-state index in [9.17, 15) is 4.79 Å². The van der Waals surface area contributed by atoms with Crippen LogP contribution in [-0.4, -0.2) is 29.1 Å². The molecule has 17 heavy (non-hydrogen) atoms. The van der Waals surface area contributed by atoms with Gasteiger partial charge in [0.25, 0.3) is 0 Å². The van der Waals surface area contributed by atoms with E-state index in [1.165, 1.54) is 5.56 Å². The Labute approximate surface area is 102 Å². The minimum Gasteiger partial charge on any atom is -0.396 e. The maximum Gasteiger partial charge on any atom is 0.223 e. The third-order valence-electron chi connectivity index (χ3n) is 3.53. The van der Waals surface area contributed by atoms with Crippen molar-refractivity contribution in [3.63, 3.8) is 0 Å². The third kappa shape index (κ3) is 2.67. The van der Waals surface area contributed by atoms with E-state index in [0.29, 0.717) is 12.3 Å². The molecule has 0 aromatic heterocycles. The molecule has 0 spiro atoms. The monoisotopic (exact) mass is 233 g/mol. The van der Waals surface area contributed by atoms with E-state index in [1.54, 1.807) is 0 Å². The van der Waals surface area contributed by atoms with Crippen molar-refractivity contribution < 1.29 is 9.90 Å². The topological polar surface area (TPSA) is 40.5 Å². The summed E-state index contributed by atoms with van der Waals surface area (Å²) in [5.41, 5.74) is 1.17. The van der Waals surface area contributed by atoms with E-state index in [4.69, 9.17) is 5.11 Å². The molecule has 1 aromatic carbocycles. The molecular weight excluding hydrogens is 214 g/mol. The Hall–Kier alpha value is -1.35. The highest BCUT2D eigenvalue weighted by Crippen LogP contribution is 2.29. The lowest BCUT2D eigenvalue weighted by Crippen LogP contribution is -2.28. The largest absolute Gasteiger partial charge is 0.396 e. The van der Waals surface area contributed by atoms with Gasteiger partial charge in [-0.25, -0.2) is 0 Å². The first kappa shape index (κ1) is 12.1. The zero-order valence-corrected chi connectivity index (χ0v) is 10.2. The first-order chi connectivity index (χ1) is 8.22. The van der Waals surface area contributed by atoms with Gasteiger partial charge in [0.1, 0.15) is 0 Å². The molecule has 2 rings (SSSR count). The van der Waals surface area contributed by atoms with E-state index in [-0.39, 0.29) is 18.6 Å². The van der Waals surface area contributed by atoms with Gasteiger partial charge in [-0.15, -0.1) is 0 Å². The van der Waals surface area contributed by atoms with Crippen molar-refractivity contribution in [2.45, 2.75) is 25.8 Å². The number of carbonyl (C=O) groups is 1. The summed E-state index contributed by atoms with van der Waals surface area (Å²) in [6, 6.07) is 10.2. The Balaban J connectivity index is 2.06. The lowest BCUT2D eigenvalue weighted by atomic mass is 10.1. The number of amides is 1. The zero-order valence-electron chi connectivity index (χ0n) is 10.2. The van der Waals surface area contributed by atoms with Crippen LogP contribution in [0.25, 0.3) is 0 Å². The van der Waals surface area contributed by atoms with Crippen molar-refractivity contribution in [2.75, 3.05) is 13.2 Å². The second-order valence-electron chi connectivity index (χ2n) is 4.72. The summed E-state index contributed by atoms with van der Waals surface area (Å²) in [7, 11) is 0. The number of hydrogen-bond donors (Lipinski definition) is 1. The summed E-state index contributed by atoms with van der Waals surface area (Å²) < 4.78 is 0. The Morgan fingerprint density at radius 1 is 1.41 bits per heavy atom. The Morgan fingerprint density at radius 2 is 2.12 bits per heavy atom. The van der Waals surface area contributed by atoms with Gasteiger partial charge in [0.05, 0.1) is 6.04 Å². The fourth-order valence-corrected chi connectivity index (χ4v) is 2.47. The summed E-state index contributed by atoms with van der Waals surface area (Å²) in [6.45, 7) is 3.01. The summed E-state index contributed by atoms with van der Waals surface area (Å²) in [5, 5.41) is 8.93. The van der Waals surface area contributed by atoms with Crippen molar-refractivity contribution in [3.05, 3.63) is 35.9 Å². The van der Waals surface area contributed by atoms with Gasteiger partial charge in [0.2, 0.25) is 5.91 Å². The predicted octanol–water partition coefficient (Wildman–Crippen LogP) is 1.98. The number of likely N-dealkylation sites (tertiary alicyclic amines) is 1. The van der Waals surface area contributed by atoms with E-state index in [0.717, 1.165) is 13.0 Å². The molecule has 1 N–H and O–H groups in total. The van der Waals surface area contributed by atoms with Crippen LogP contribution in [0.5, 0.6) is 0 Å². The van der Waals surface area contributed by atoms with Gasteiger partial charge in [0, 0.05) is 19.6 Å². The van der Waals surface area contributed by atoms with Crippen LogP contribution >= 0.6 is 0 Å². The van der Waals surface area contributed by atoms with Crippen LogP contribution in [-0.2, 0) is 4.79 Å². The minimum absolute atomic E-state index is 0.132. The van der Waals surface area contributed by atoms with Crippen LogP contribution in [0.3, 0.4) is 0 Å². The summed E-state index contributed by atoms with van der Waals surface area (Å²) in [6.07, 6.45) is 1.31. The lowest BCUT2D eigenvalue weighted by molar-refractivity contribution is -0.129. The van der Waals surface area contributed by atoms with Gasteiger partial charge < -0.3 is 10.0 Å². The Bertz CT molecular complexity index is 377. The molecule has 92 valence electrons. The molecule has 1 aromatic rings. The van der Waals surface area contributed by atoms with Gasteiger partial charge in [0.15, 0.2) is 0 Å². The van der Waals surface area contributed by atoms with Crippen molar-refractivity contribution in [3.8, 4) is 0 Å². The standard InChI is InChI=1S/C14H19NO2/c1-11(13-5-3-2-4-6-13)15-10-12(7-8-16)9-14(15)17/h2-6,11-12,16H,7-10H2,1H3. The molecule has 1 amide bonds. The SMILES string of the molecule is CC(c1ccccc1)N1CC(CCO)CC1=O. The van der Waals surface area contributed by atoms with Gasteiger partial charge >= 0.3 is 0 Å². The molecule has 0 radical (unpaired) electrons. The highest BCUT2D eigenvalue weighted by atomic mass is 16.3. The van der Waals surface area contributed by atoms with Crippen LogP contribution in [0.1, 0.15) is 31.4 Å². The van der Waals surface area contributed by atoms with Crippen molar-refractivity contribution in [1.82, 2.24) is 4.90 Å². The van der Waals surface area contributed by atoms with E-state index in [1.807, 2.05) is 23.1 Å². The first-order valence-corrected chi connectivity index (χ1v) is 6.17. The van der Waals surface area contributed by atoms with Crippen LogP contribution in [0.15, 0.2) is 30.3 Å². The normalized spacial score (nSPS) is 21.9. The second-order valence-corrected chi connectivity index (χ2v) is 4.72. The van der Waals surface area contributed by atoms with Gasteiger partial charge in [-0.05, 0) is 24.8 Å². The highest BCUT2D eigenvalue weighted by molar-refractivity contribution is 5.79. The number of aliphatic hydroxyl groups is 1. The molecule has 1 aliphatic heterocycles. The summed E-state index contributed by atoms with van der Waals surface area (Å²) in [5.74, 6) is 0.526. The van der Waals surface area contributed by atoms with Crippen LogP contribution in [0, 0.1) is 5.92 Å². The molecule has 1 fully saturated rings. The predicted molar refractivity (Wildman–Crippen MR) is 66.4 cm³/mol. The Kier molecular flexibility index (Phi) is 3.79. The minimum atomic E-state index is 0.132. The zero-order chi connectivity index (χ0) is 12.3. The fourth-order valence-electron chi connectivity index (χ4n) is 2.47. The molecule has 1 saturated heterocycles. The van der Waals surface area contributed by atoms with Gasteiger partial charge in [-0.3, -0.25) is 4.79 Å². The molecular formula is C14H19NO2. The molecule has 0 aliphatic carbocycles. The Morgan fingerprint density at radius 3 is 2.76 bits per heavy atom. The quantitative estimate of drug-likeness (QED) is 0.864. The van der Waals surface area contributed by atoms with E-state index in [2.05, 4.69) is 19.1 Å². The summed E-state index contributed by atoms with van der Waals surface area (Å²) in [4.78, 5) is 13.8. The number of rotatable bonds is 4. The van der Waals surface area contributed by atoms with E-state index >= 15 is 0 Å². The molecule has 0 bridgehead atoms. The van der Waals surface area contributed by atoms with Gasteiger partial charge in [-0.2, -0.15) is 0 Å². The van der Waals surface area contributed by atoms with Crippen molar-refractivity contribution >= 4 is 5.91 Å². The van der Waals surface area contributed by atoms with Crippen LogP contribution in [0.2, 0.25) is 0 Å². The number of hydrogen-bond acceptors (Lipinski definition) is 2. The molecule has 1 heterocycles. The van der Waals surface area contributed by atoms with Crippen LogP contribution < -0.4 is 0 Å². The number of nitrogens with zero attached hydrogens (tertiary/aromatic N) is 1. The fraction of sp³-hybridized carbons (Fsp3) is 0.500. The van der Waals surface area contributed by atoms with Crippen molar-refractivity contribution in [2.24, 2.45) is 5.92 Å². The molecule has 1 aliphatic rings. The lowest BCUT2D eigenvalue weighted by Gasteiger charge is -2.25. The molecule has 2 atom stereocenters. The number of benzene rings is 1. The first-order valence-electron chi connectivity index (χ1n) is 6.17. The maximum absolute atomic E-state index is 11.9.